The van der Waals surface area contributed by atoms with Crippen molar-refractivity contribution in [2.75, 3.05) is 19.8 Å². The highest BCUT2D eigenvalue weighted by Gasteiger charge is 2.22. The van der Waals surface area contributed by atoms with Gasteiger partial charge in [0.1, 0.15) is 5.82 Å². The first-order chi connectivity index (χ1) is 11.1. The smallest absolute Gasteiger partial charge is 0.315 e. The van der Waals surface area contributed by atoms with E-state index in [0.29, 0.717) is 12.5 Å². The van der Waals surface area contributed by atoms with Gasteiger partial charge >= 0.3 is 6.03 Å². The number of nitrogens with zero attached hydrogens (tertiary/aromatic N) is 1. The number of aromatic nitrogens is 2. The zero-order chi connectivity index (χ0) is 16.2. The second-order valence-electron chi connectivity index (χ2n) is 6.44. The molecule has 1 aromatic heterocycles. The Balaban J connectivity index is 1.64. The number of benzene rings is 1. The molecule has 1 aliphatic heterocycles. The molecule has 0 spiro atoms. The van der Waals surface area contributed by atoms with Crippen LogP contribution in [-0.2, 0) is 4.74 Å². The third-order valence-electron chi connectivity index (χ3n) is 4.23. The molecule has 124 valence electrons. The molecule has 23 heavy (non-hydrogen) atoms. The van der Waals surface area contributed by atoms with Crippen molar-refractivity contribution in [2.24, 2.45) is 11.8 Å². The number of imidazole rings is 1. The zero-order valence-electron chi connectivity index (χ0n) is 13.6. The first-order valence-electron chi connectivity index (χ1n) is 8.20. The number of carbonyl (C=O) groups excluding carboxylic acids is 1. The second-order valence-corrected chi connectivity index (χ2v) is 6.44. The Kier molecular flexibility index (Phi) is 4.81. The van der Waals surface area contributed by atoms with Gasteiger partial charge in [-0.3, -0.25) is 0 Å². The van der Waals surface area contributed by atoms with Crippen LogP contribution in [0.5, 0.6) is 0 Å². The van der Waals surface area contributed by atoms with Crippen LogP contribution in [0, 0.1) is 11.8 Å². The van der Waals surface area contributed by atoms with Crippen LogP contribution in [0.15, 0.2) is 24.3 Å². The summed E-state index contributed by atoms with van der Waals surface area (Å²) < 4.78 is 5.32. The molecule has 1 saturated heterocycles. The molecule has 0 unspecified atom stereocenters. The molecule has 2 heterocycles. The fourth-order valence-corrected chi connectivity index (χ4v) is 2.84. The summed E-state index contributed by atoms with van der Waals surface area (Å²) in [5, 5.41) is 5.97. The third kappa shape index (κ3) is 3.82. The van der Waals surface area contributed by atoms with Crippen LogP contribution < -0.4 is 10.6 Å². The lowest BCUT2D eigenvalue weighted by Gasteiger charge is -2.21. The van der Waals surface area contributed by atoms with Crippen molar-refractivity contribution in [1.82, 2.24) is 20.6 Å². The Morgan fingerprint density at radius 2 is 2.26 bits per heavy atom. The predicted octanol–water partition coefficient (Wildman–Crippen LogP) is 2.60. The van der Waals surface area contributed by atoms with Gasteiger partial charge in [0, 0.05) is 19.1 Å². The first kappa shape index (κ1) is 15.8. The van der Waals surface area contributed by atoms with Crippen molar-refractivity contribution in [3.63, 3.8) is 0 Å². The number of aromatic amines is 1. The molecule has 6 nitrogen and oxygen atoms in total. The molecule has 2 aromatic rings. The molecule has 3 N–H and O–H groups in total. The summed E-state index contributed by atoms with van der Waals surface area (Å²) >= 11 is 0. The van der Waals surface area contributed by atoms with Crippen LogP contribution in [0.2, 0.25) is 0 Å². The summed E-state index contributed by atoms with van der Waals surface area (Å²) in [6.45, 7) is 6.32. The van der Waals surface area contributed by atoms with Crippen LogP contribution in [0.3, 0.4) is 0 Å². The van der Waals surface area contributed by atoms with Crippen molar-refractivity contribution >= 4 is 17.1 Å². The van der Waals surface area contributed by atoms with E-state index in [1.165, 1.54) is 0 Å². The van der Waals surface area contributed by atoms with Crippen LogP contribution in [0.4, 0.5) is 4.79 Å². The molecule has 0 aliphatic carbocycles. The standard InChI is InChI=1S/C17H24N4O2/c1-11(2)15(16-19-13-5-3-4-6-14(13)20-16)21-17(22)18-9-12-7-8-23-10-12/h3-6,11-12,15H,7-10H2,1-2H3,(H,19,20)(H2,18,21,22)/t12-,15-/m0/s1. The molecular formula is C17H24N4O2. The third-order valence-corrected chi connectivity index (χ3v) is 4.23. The van der Waals surface area contributed by atoms with E-state index in [1.807, 2.05) is 24.3 Å². The van der Waals surface area contributed by atoms with E-state index in [0.717, 1.165) is 36.5 Å². The minimum atomic E-state index is -0.156. The van der Waals surface area contributed by atoms with Gasteiger partial charge in [-0.25, -0.2) is 9.78 Å². The molecule has 2 atom stereocenters. The Bertz CT molecular complexity index is 628. The number of hydrogen-bond donors (Lipinski definition) is 3. The lowest BCUT2D eigenvalue weighted by molar-refractivity contribution is 0.184. The topological polar surface area (TPSA) is 79.0 Å². The maximum Gasteiger partial charge on any atom is 0.315 e. The molecule has 2 amide bonds. The molecule has 1 fully saturated rings. The van der Waals surface area contributed by atoms with Gasteiger partial charge < -0.3 is 20.4 Å². The van der Waals surface area contributed by atoms with Gasteiger partial charge in [-0.1, -0.05) is 26.0 Å². The van der Waals surface area contributed by atoms with Crippen LogP contribution in [-0.4, -0.2) is 35.8 Å². The maximum atomic E-state index is 12.2. The van der Waals surface area contributed by atoms with Gasteiger partial charge in [-0.05, 0) is 24.5 Å². The number of H-pyrrole nitrogens is 1. The van der Waals surface area contributed by atoms with E-state index in [9.17, 15) is 4.79 Å². The van der Waals surface area contributed by atoms with E-state index in [1.54, 1.807) is 0 Å². The number of para-hydroxylation sites is 2. The van der Waals surface area contributed by atoms with Crippen molar-refractivity contribution in [3.05, 3.63) is 30.1 Å². The monoisotopic (exact) mass is 316 g/mol. The summed E-state index contributed by atoms with van der Waals surface area (Å²) in [6.07, 6.45) is 1.01. The average molecular weight is 316 g/mol. The summed E-state index contributed by atoms with van der Waals surface area (Å²) in [4.78, 5) is 20.1. The normalized spacial score (nSPS) is 19.2. The number of rotatable bonds is 5. The van der Waals surface area contributed by atoms with Gasteiger partial charge in [0.05, 0.1) is 23.7 Å². The summed E-state index contributed by atoms with van der Waals surface area (Å²) in [7, 11) is 0. The number of ether oxygens (including phenoxy) is 1. The van der Waals surface area contributed by atoms with E-state index in [4.69, 9.17) is 4.74 Å². The lowest BCUT2D eigenvalue weighted by atomic mass is 10.0. The van der Waals surface area contributed by atoms with E-state index in [-0.39, 0.29) is 18.0 Å². The van der Waals surface area contributed by atoms with Crippen molar-refractivity contribution in [3.8, 4) is 0 Å². The van der Waals surface area contributed by atoms with Gasteiger partial charge in [-0.15, -0.1) is 0 Å². The summed E-state index contributed by atoms with van der Waals surface area (Å²) in [5.41, 5.74) is 1.90. The molecule has 1 aromatic carbocycles. The van der Waals surface area contributed by atoms with Crippen LogP contribution >= 0.6 is 0 Å². The highest BCUT2D eigenvalue weighted by molar-refractivity contribution is 5.76. The van der Waals surface area contributed by atoms with Crippen molar-refractivity contribution in [1.29, 1.82) is 0 Å². The van der Waals surface area contributed by atoms with Gasteiger partial charge in [-0.2, -0.15) is 0 Å². The Hall–Kier alpha value is -2.08. The molecule has 1 aliphatic rings. The van der Waals surface area contributed by atoms with Gasteiger partial charge in [0.15, 0.2) is 0 Å². The first-order valence-corrected chi connectivity index (χ1v) is 8.20. The second kappa shape index (κ2) is 7.00. The van der Waals surface area contributed by atoms with Crippen molar-refractivity contribution < 1.29 is 9.53 Å². The number of hydrogen-bond acceptors (Lipinski definition) is 3. The van der Waals surface area contributed by atoms with Crippen LogP contribution in [0.1, 0.15) is 32.1 Å². The quantitative estimate of drug-likeness (QED) is 0.793. The molecule has 0 bridgehead atoms. The lowest BCUT2D eigenvalue weighted by Crippen LogP contribution is -2.42. The number of carbonyl (C=O) groups is 1. The van der Waals surface area contributed by atoms with Gasteiger partial charge in [0.2, 0.25) is 0 Å². The Morgan fingerprint density at radius 1 is 1.43 bits per heavy atom. The SMILES string of the molecule is CC(C)[C@H](NC(=O)NC[C@@H]1CCOC1)c1nc2ccccc2[nH]1. The van der Waals surface area contributed by atoms with E-state index < -0.39 is 0 Å². The van der Waals surface area contributed by atoms with Crippen molar-refractivity contribution in [2.45, 2.75) is 26.3 Å². The minimum Gasteiger partial charge on any atom is -0.381 e. The Morgan fingerprint density at radius 3 is 2.96 bits per heavy atom. The molecule has 0 saturated carbocycles. The molecular weight excluding hydrogens is 292 g/mol. The van der Waals surface area contributed by atoms with Crippen LogP contribution in [0.25, 0.3) is 11.0 Å². The Labute approximate surface area is 136 Å². The summed E-state index contributed by atoms with van der Waals surface area (Å²) in [6, 6.07) is 7.58. The fraction of sp³-hybridized carbons (Fsp3) is 0.529. The van der Waals surface area contributed by atoms with E-state index >= 15 is 0 Å². The number of fused-ring (bicyclic) bond motifs is 1. The molecule has 6 heteroatoms. The largest absolute Gasteiger partial charge is 0.381 e. The minimum absolute atomic E-state index is 0.151. The maximum absolute atomic E-state index is 12.2. The molecule has 0 radical (unpaired) electrons. The highest BCUT2D eigenvalue weighted by atomic mass is 16.5. The highest BCUT2D eigenvalue weighted by Crippen LogP contribution is 2.22. The summed E-state index contributed by atoms with van der Waals surface area (Å²) in [5.74, 6) is 1.45. The zero-order valence-corrected chi connectivity index (χ0v) is 13.6. The average Bonchev–Trinajstić information content (AvgIpc) is 3.19. The fourth-order valence-electron chi connectivity index (χ4n) is 2.84. The van der Waals surface area contributed by atoms with Gasteiger partial charge in [0.25, 0.3) is 0 Å². The number of urea groups is 1. The number of nitrogens with one attached hydrogen (secondary N) is 3. The predicted molar refractivity (Wildman–Crippen MR) is 89.1 cm³/mol. The number of amides is 2. The van der Waals surface area contributed by atoms with E-state index in [2.05, 4.69) is 34.4 Å². The molecule has 3 rings (SSSR count).